The number of pyridine rings is 1. The third kappa shape index (κ3) is 3.92. The fourth-order valence-corrected chi connectivity index (χ4v) is 6.32. The van der Waals surface area contributed by atoms with Gasteiger partial charge in [-0.1, -0.05) is 6.07 Å². The number of fused-ring (bicyclic) bond motifs is 2. The molecule has 0 aliphatic heterocycles. The Balaban J connectivity index is 1.52. The summed E-state index contributed by atoms with van der Waals surface area (Å²) in [5.74, 6) is 0.0753. The maximum Gasteiger partial charge on any atom is 0.224 e. The van der Waals surface area contributed by atoms with Gasteiger partial charge in [0.2, 0.25) is 5.95 Å². The quantitative estimate of drug-likeness (QED) is 0.359. The van der Waals surface area contributed by atoms with Crippen LogP contribution in [0.4, 0.5) is 10.3 Å². The fraction of sp³-hybridized carbons (Fsp3) is 0.364. The Kier molecular flexibility index (Phi) is 5.29. The Hall–Kier alpha value is -2.38. The molecule has 0 radical (unpaired) electrons. The highest BCUT2D eigenvalue weighted by atomic mass is 79.9. The Morgan fingerprint density at radius 1 is 1.22 bits per heavy atom. The number of aromatic nitrogens is 5. The van der Waals surface area contributed by atoms with E-state index in [1.54, 1.807) is 10.9 Å². The van der Waals surface area contributed by atoms with Crippen molar-refractivity contribution in [3.63, 3.8) is 0 Å². The minimum absolute atomic E-state index is 0.179. The molecule has 1 aliphatic carbocycles. The van der Waals surface area contributed by atoms with Crippen LogP contribution in [0.25, 0.3) is 27.6 Å². The Bertz CT molecular complexity index is 1400. The summed E-state index contributed by atoms with van der Waals surface area (Å²) in [6.45, 7) is 5.55. The molecule has 1 fully saturated rings. The molecule has 3 aromatic heterocycles. The molecule has 0 bridgehead atoms. The second-order valence-electron chi connectivity index (χ2n) is 8.83. The van der Waals surface area contributed by atoms with Crippen molar-refractivity contribution < 1.29 is 8.96 Å². The molecule has 32 heavy (non-hydrogen) atoms. The van der Waals surface area contributed by atoms with E-state index in [2.05, 4.69) is 41.3 Å². The molecular weight excluding hydrogens is 494 g/mol. The third-order valence-electron chi connectivity index (χ3n) is 6.11. The summed E-state index contributed by atoms with van der Waals surface area (Å²) < 4.78 is 29.4. The molecule has 1 saturated carbocycles. The van der Waals surface area contributed by atoms with Gasteiger partial charge in [0.15, 0.2) is 11.5 Å². The number of anilines is 1. The van der Waals surface area contributed by atoms with Gasteiger partial charge in [0.1, 0.15) is 10.1 Å². The zero-order valence-corrected chi connectivity index (χ0v) is 20.5. The SMILES string of the molecule is Cc1ccc2cc(-n3nc(Br)c4cnc(N[C@@H]5CC[C@@H](P(C)(C)=O)C5)nc43)cc(F)c2n1. The summed E-state index contributed by atoms with van der Waals surface area (Å²) in [6, 6.07) is 7.15. The summed E-state index contributed by atoms with van der Waals surface area (Å²) >= 11 is 3.47. The largest absolute Gasteiger partial charge is 0.351 e. The fourth-order valence-electron chi connectivity index (χ4n) is 4.35. The van der Waals surface area contributed by atoms with Gasteiger partial charge in [-0.25, -0.2) is 14.1 Å². The number of aryl methyl sites for hydroxylation is 1. The summed E-state index contributed by atoms with van der Waals surface area (Å²) in [6.07, 6.45) is 4.43. The van der Waals surface area contributed by atoms with Crippen molar-refractivity contribution in [3.05, 3.63) is 46.6 Å². The first kappa shape index (κ1) is 21.5. The van der Waals surface area contributed by atoms with E-state index < -0.39 is 13.0 Å². The predicted octanol–water partition coefficient (Wildman–Crippen LogP) is 5.53. The van der Waals surface area contributed by atoms with E-state index in [0.29, 0.717) is 32.8 Å². The first-order valence-corrected chi connectivity index (χ1v) is 13.9. The van der Waals surface area contributed by atoms with Crippen LogP contribution in [0.5, 0.6) is 0 Å². The van der Waals surface area contributed by atoms with E-state index in [-0.39, 0.29) is 11.7 Å². The topological polar surface area (TPSA) is 85.6 Å². The lowest BCUT2D eigenvalue weighted by Crippen LogP contribution is -2.18. The van der Waals surface area contributed by atoms with Gasteiger partial charge in [0.25, 0.3) is 0 Å². The predicted molar refractivity (Wildman–Crippen MR) is 129 cm³/mol. The molecule has 0 spiro atoms. The number of hydrogen-bond acceptors (Lipinski definition) is 6. The summed E-state index contributed by atoms with van der Waals surface area (Å²) in [4.78, 5) is 13.4. The van der Waals surface area contributed by atoms with Crippen molar-refractivity contribution in [2.24, 2.45) is 0 Å². The first-order chi connectivity index (χ1) is 15.2. The summed E-state index contributed by atoms with van der Waals surface area (Å²) in [5, 5.41) is 9.33. The van der Waals surface area contributed by atoms with Crippen molar-refractivity contribution in [1.29, 1.82) is 0 Å². The molecule has 166 valence electrons. The summed E-state index contributed by atoms with van der Waals surface area (Å²) in [5.41, 5.74) is 2.46. The standard InChI is InChI=1S/C22H23BrFN6OP/c1-12-4-5-13-8-15(10-18(24)19(13)26-12)30-21-17(20(23)29-30)11-25-22(28-21)27-14-6-7-16(9-14)32(2,3)31/h4-5,8,10-11,14,16H,6-7,9H2,1-3H3,(H,25,27,28)/t14-,16-/m1/s1. The van der Waals surface area contributed by atoms with E-state index in [1.807, 2.05) is 38.5 Å². The summed E-state index contributed by atoms with van der Waals surface area (Å²) in [7, 11) is -2.11. The van der Waals surface area contributed by atoms with Crippen LogP contribution in [-0.2, 0) is 4.57 Å². The maximum atomic E-state index is 14.8. The molecule has 5 rings (SSSR count). The Morgan fingerprint density at radius 2 is 2.03 bits per heavy atom. The number of halogens is 2. The van der Waals surface area contributed by atoms with Crippen LogP contribution >= 0.6 is 23.1 Å². The molecule has 0 unspecified atom stereocenters. The van der Waals surface area contributed by atoms with Crippen LogP contribution in [0.1, 0.15) is 25.0 Å². The molecule has 2 atom stereocenters. The molecule has 1 N–H and O–H groups in total. The van der Waals surface area contributed by atoms with Crippen LogP contribution in [0.15, 0.2) is 35.1 Å². The highest BCUT2D eigenvalue weighted by molar-refractivity contribution is 9.10. The molecule has 4 aromatic rings. The molecule has 1 aromatic carbocycles. The lowest BCUT2D eigenvalue weighted by Gasteiger charge is -2.16. The van der Waals surface area contributed by atoms with Crippen molar-refractivity contribution in [2.45, 2.75) is 37.9 Å². The lowest BCUT2D eigenvalue weighted by molar-refractivity contribution is 0.571. The first-order valence-electron chi connectivity index (χ1n) is 10.5. The smallest absolute Gasteiger partial charge is 0.224 e. The highest BCUT2D eigenvalue weighted by Gasteiger charge is 2.32. The second-order valence-corrected chi connectivity index (χ2v) is 13.2. The van der Waals surface area contributed by atoms with Crippen LogP contribution < -0.4 is 5.32 Å². The molecule has 0 saturated heterocycles. The third-order valence-corrected chi connectivity index (χ3v) is 8.92. The molecule has 10 heteroatoms. The highest BCUT2D eigenvalue weighted by Crippen LogP contribution is 2.50. The van der Waals surface area contributed by atoms with Gasteiger partial charge in [0, 0.05) is 35.0 Å². The number of benzene rings is 1. The van der Waals surface area contributed by atoms with E-state index in [1.165, 1.54) is 6.07 Å². The zero-order chi connectivity index (χ0) is 22.6. The zero-order valence-electron chi connectivity index (χ0n) is 18.0. The van der Waals surface area contributed by atoms with Crippen LogP contribution in [-0.4, -0.2) is 49.8 Å². The lowest BCUT2D eigenvalue weighted by atomic mass is 10.1. The monoisotopic (exact) mass is 516 g/mol. The second kappa shape index (κ2) is 7.89. The maximum absolute atomic E-state index is 14.8. The number of nitrogens with one attached hydrogen (secondary N) is 1. The van der Waals surface area contributed by atoms with Gasteiger partial charge in [-0.05, 0) is 67.6 Å². The van der Waals surface area contributed by atoms with Gasteiger partial charge in [-0.3, -0.25) is 4.98 Å². The molecule has 1 aliphatic rings. The van der Waals surface area contributed by atoms with E-state index in [9.17, 15) is 8.96 Å². The van der Waals surface area contributed by atoms with Crippen LogP contribution in [0, 0.1) is 12.7 Å². The molecule has 3 heterocycles. The molecule has 7 nitrogen and oxygen atoms in total. The average molecular weight is 517 g/mol. The molecule has 0 amide bonds. The van der Waals surface area contributed by atoms with Crippen molar-refractivity contribution >= 4 is 51.0 Å². The van der Waals surface area contributed by atoms with Gasteiger partial charge in [-0.15, -0.1) is 0 Å². The number of rotatable bonds is 4. The minimum atomic E-state index is -2.11. The van der Waals surface area contributed by atoms with Crippen molar-refractivity contribution in [3.8, 4) is 5.69 Å². The number of hydrogen-bond donors (Lipinski definition) is 1. The van der Waals surface area contributed by atoms with Crippen molar-refractivity contribution in [2.75, 3.05) is 18.6 Å². The van der Waals surface area contributed by atoms with Crippen molar-refractivity contribution in [1.82, 2.24) is 24.7 Å². The number of nitrogens with zero attached hydrogens (tertiary/aromatic N) is 5. The van der Waals surface area contributed by atoms with Gasteiger partial charge >= 0.3 is 0 Å². The van der Waals surface area contributed by atoms with Gasteiger partial charge in [0.05, 0.1) is 18.2 Å². The minimum Gasteiger partial charge on any atom is -0.351 e. The van der Waals surface area contributed by atoms with Gasteiger partial charge in [-0.2, -0.15) is 10.1 Å². The normalized spacial score (nSPS) is 19.2. The molecular formula is C22H23BrFN6OP. The Labute approximate surface area is 193 Å². The van der Waals surface area contributed by atoms with Crippen LogP contribution in [0.3, 0.4) is 0 Å². The van der Waals surface area contributed by atoms with E-state index in [4.69, 9.17) is 0 Å². The van der Waals surface area contributed by atoms with E-state index in [0.717, 1.165) is 30.3 Å². The van der Waals surface area contributed by atoms with E-state index >= 15 is 0 Å². The Morgan fingerprint density at radius 3 is 2.78 bits per heavy atom. The van der Waals surface area contributed by atoms with Gasteiger partial charge < -0.3 is 9.88 Å². The average Bonchev–Trinajstić information content (AvgIpc) is 3.33. The van der Waals surface area contributed by atoms with Crippen LogP contribution in [0.2, 0.25) is 0 Å².